The van der Waals surface area contributed by atoms with Gasteiger partial charge in [0.05, 0.1) is 28.4 Å². The van der Waals surface area contributed by atoms with E-state index in [1.165, 1.54) is 23.1 Å². The zero-order valence-corrected chi connectivity index (χ0v) is 22.3. The number of fused-ring (bicyclic) bond motifs is 1. The van der Waals surface area contributed by atoms with Crippen LogP contribution in [0.4, 0.5) is 9.52 Å². The van der Waals surface area contributed by atoms with Gasteiger partial charge in [0.2, 0.25) is 0 Å². The Kier molecular flexibility index (Phi) is 6.53. The molecule has 194 valence electrons. The zero-order valence-electron chi connectivity index (χ0n) is 21.5. The molecule has 1 aliphatic rings. The fourth-order valence-electron chi connectivity index (χ4n) is 4.53. The molecule has 4 aromatic rings. The topological polar surface area (TPSA) is 79.7 Å². The predicted octanol–water partition coefficient (Wildman–Crippen LogP) is 6.76. The zero-order chi connectivity index (χ0) is 27.2. The second-order valence-electron chi connectivity index (χ2n) is 10.1. The molecule has 1 saturated heterocycles. The van der Waals surface area contributed by atoms with Gasteiger partial charge < -0.3 is 9.84 Å². The first-order valence-corrected chi connectivity index (χ1v) is 13.1. The molecule has 2 heterocycles. The molecule has 3 aromatic carbocycles. The van der Waals surface area contributed by atoms with E-state index in [1.54, 1.807) is 24.3 Å². The Bertz CT molecular complexity index is 1570. The van der Waals surface area contributed by atoms with E-state index in [9.17, 15) is 19.1 Å². The van der Waals surface area contributed by atoms with Crippen LogP contribution in [0.2, 0.25) is 0 Å². The van der Waals surface area contributed by atoms with Crippen LogP contribution in [0.1, 0.15) is 50.4 Å². The summed E-state index contributed by atoms with van der Waals surface area (Å²) in [6.07, 6.45) is 0. The molecule has 0 saturated carbocycles. The van der Waals surface area contributed by atoms with Crippen molar-refractivity contribution in [3.8, 4) is 5.75 Å². The summed E-state index contributed by atoms with van der Waals surface area (Å²) in [5.74, 6) is -1.69. The Morgan fingerprint density at radius 2 is 1.74 bits per heavy atom. The first kappa shape index (κ1) is 25.6. The maximum atomic E-state index is 13.9. The highest BCUT2D eigenvalue weighted by Crippen LogP contribution is 2.44. The van der Waals surface area contributed by atoms with E-state index in [0.29, 0.717) is 33.7 Å². The van der Waals surface area contributed by atoms with Crippen LogP contribution < -0.4 is 9.64 Å². The highest BCUT2D eigenvalue weighted by Gasteiger charge is 2.48. The second kappa shape index (κ2) is 9.68. The molecule has 1 fully saturated rings. The van der Waals surface area contributed by atoms with Crippen molar-refractivity contribution in [2.45, 2.75) is 39.2 Å². The fraction of sp³-hybridized carbons (Fsp3) is 0.233. The van der Waals surface area contributed by atoms with E-state index in [4.69, 9.17) is 4.74 Å². The van der Waals surface area contributed by atoms with Crippen LogP contribution in [0, 0.1) is 5.82 Å². The fourth-order valence-corrected chi connectivity index (χ4v) is 5.55. The normalized spacial score (nSPS) is 17.4. The van der Waals surface area contributed by atoms with Crippen molar-refractivity contribution in [2.24, 2.45) is 0 Å². The first-order chi connectivity index (χ1) is 18.1. The third-order valence-electron chi connectivity index (χ3n) is 6.52. The largest absolute Gasteiger partial charge is 0.507 e. The van der Waals surface area contributed by atoms with E-state index < -0.39 is 23.5 Å². The van der Waals surface area contributed by atoms with Crippen molar-refractivity contribution in [3.63, 3.8) is 0 Å². The molecule has 1 atom stereocenters. The quantitative estimate of drug-likeness (QED) is 0.175. The molecular weight excluding hydrogens is 503 g/mol. The number of rotatable bonds is 5. The Hall–Kier alpha value is -4.04. The number of benzene rings is 3. The SMILES string of the molecule is CCOc1ccc(/C(O)=C2\C(=O)C(=O)N(c3nc4ccc(F)cc4s3)C2c2ccc(C(C)(C)C)cc2)cc1. The number of halogens is 1. The summed E-state index contributed by atoms with van der Waals surface area (Å²) in [7, 11) is 0. The van der Waals surface area contributed by atoms with Gasteiger partial charge >= 0.3 is 5.91 Å². The van der Waals surface area contributed by atoms with Gasteiger partial charge in [0.15, 0.2) is 5.13 Å². The third kappa shape index (κ3) is 4.56. The minimum Gasteiger partial charge on any atom is -0.507 e. The number of aromatic nitrogens is 1. The minimum absolute atomic E-state index is 0.0342. The molecule has 0 radical (unpaired) electrons. The molecule has 8 heteroatoms. The number of ether oxygens (including phenoxy) is 1. The van der Waals surface area contributed by atoms with E-state index in [0.717, 1.165) is 16.9 Å². The molecule has 1 amide bonds. The smallest absolute Gasteiger partial charge is 0.301 e. The highest BCUT2D eigenvalue weighted by molar-refractivity contribution is 7.22. The number of hydrogen-bond donors (Lipinski definition) is 1. The number of anilines is 1. The van der Waals surface area contributed by atoms with Crippen LogP contribution in [0.3, 0.4) is 0 Å². The Morgan fingerprint density at radius 3 is 2.37 bits per heavy atom. The van der Waals surface area contributed by atoms with Gasteiger partial charge in [-0.25, -0.2) is 9.37 Å². The molecule has 0 aliphatic carbocycles. The summed E-state index contributed by atoms with van der Waals surface area (Å²) in [5, 5.41) is 11.6. The molecule has 0 bridgehead atoms. The summed E-state index contributed by atoms with van der Waals surface area (Å²) in [6.45, 7) is 8.66. The number of ketones is 1. The lowest BCUT2D eigenvalue weighted by molar-refractivity contribution is -0.132. The lowest BCUT2D eigenvalue weighted by Gasteiger charge is -2.24. The van der Waals surface area contributed by atoms with E-state index in [-0.39, 0.29) is 21.9 Å². The molecule has 0 spiro atoms. The molecule has 1 aromatic heterocycles. The van der Waals surface area contributed by atoms with Crippen LogP contribution in [0.5, 0.6) is 5.75 Å². The number of amides is 1. The third-order valence-corrected chi connectivity index (χ3v) is 7.54. The maximum absolute atomic E-state index is 13.9. The number of aliphatic hydroxyl groups excluding tert-OH is 1. The number of carbonyl (C=O) groups is 2. The van der Waals surface area contributed by atoms with Crippen LogP contribution in [-0.2, 0) is 15.0 Å². The van der Waals surface area contributed by atoms with Gasteiger partial charge in [-0.15, -0.1) is 0 Å². The minimum atomic E-state index is -0.916. The van der Waals surface area contributed by atoms with Gasteiger partial charge in [0.1, 0.15) is 17.3 Å². The molecule has 6 nitrogen and oxygen atoms in total. The van der Waals surface area contributed by atoms with Gasteiger partial charge in [0, 0.05) is 5.56 Å². The molecule has 5 rings (SSSR count). The van der Waals surface area contributed by atoms with Crippen molar-refractivity contribution < 1.29 is 23.8 Å². The summed E-state index contributed by atoms with van der Waals surface area (Å²) < 4.78 is 19.9. The van der Waals surface area contributed by atoms with Crippen molar-refractivity contribution in [3.05, 3.63) is 94.8 Å². The summed E-state index contributed by atoms with van der Waals surface area (Å²) in [4.78, 5) is 32.7. The van der Waals surface area contributed by atoms with Crippen molar-refractivity contribution >= 4 is 44.1 Å². The Morgan fingerprint density at radius 1 is 1.05 bits per heavy atom. The predicted molar refractivity (Wildman–Crippen MR) is 147 cm³/mol. The number of hydrogen-bond acceptors (Lipinski definition) is 6. The number of nitrogens with zero attached hydrogens (tertiary/aromatic N) is 2. The van der Waals surface area contributed by atoms with Gasteiger partial charge in [0.25, 0.3) is 5.78 Å². The molecule has 38 heavy (non-hydrogen) atoms. The second-order valence-corrected chi connectivity index (χ2v) is 11.1. The molecule has 1 unspecified atom stereocenters. The van der Waals surface area contributed by atoms with Gasteiger partial charge in [-0.3, -0.25) is 14.5 Å². The number of aliphatic hydroxyl groups is 1. The summed E-state index contributed by atoms with van der Waals surface area (Å²) >= 11 is 1.12. The van der Waals surface area contributed by atoms with Gasteiger partial charge in [-0.1, -0.05) is 56.4 Å². The Labute approximate surface area is 224 Å². The maximum Gasteiger partial charge on any atom is 0.301 e. The lowest BCUT2D eigenvalue weighted by atomic mass is 9.85. The van der Waals surface area contributed by atoms with Crippen molar-refractivity contribution in [1.82, 2.24) is 4.98 Å². The molecule has 1 aliphatic heterocycles. The van der Waals surface area contributed by atoms with E-state index >= 15 is 0 Å². The van der Waals surface area contributed by atoms with Crippen LogP contribution in [0.15, 0.2) is 72.3 Å². The van der Waals surface area contributed by atoms with Crippen LogP contribution in [-0.4, -0.2) is 28.4 Å². The lowest BCUT2D eigenvalue weighted by Crippen LogP contribution is -2.29. The van der Waals surface area contributed by atoms with E-state index in [1.807, 2.05) is 31.2 Å². The average Bonchev–Trinajstić information content (AvgIpc) is 3.41. The Balaban J connectivity index is 1.68. The van der Waals surface area contributed by atoms with Gasteiger partial charge in [-0.2, -0.15) is 0 Å². The number of Topliss-reactive ketones (excluding diaryl/α,β-unsaturated/α-hetero) is 1. The molecule has 1 N–H and O–H groups in total. The average molecular weight is 531 g/mol. The summed E-state index contributed by atoms with van der Waals surface area (Å²) in [5.41, 5.74) is 2.50. The highest BCUT2D eigenvalue weighted by atomic mass is 32.1. The first-order valence-electron chi connectivity index (χ1n) is 12.3. The van der Waals surface area contributed by atoms with Crippen molar-refractivity contribution in [1.29, 1.82) is 0 Å². The van der Waals surface area contributed by atoms with E-state index in [2.05, 4.69) is 25.8 Å². The number of carbonyl (C=O) groups excluding carboxylic acids is 2. The van der Waals surface area contributed by atoms with Crippen LogP contribution >= 0.6 is 11.3 Å². The summed E-state index contributed by atoms with van der Waals surface area (Å²) in [6, 6.07) is 17.6. The molecular formula is C30H27FN2O4S. The van der Waals surface area contributed by atoms with Gasteiger partial charge in [-0.05, 0) is 65.9 Å². The number of thiazole rings is 1. The van der Waals surface area contributed by atoms with Crippen molar-refractivity contribution in [2.75, 3.05) is 11.5 Å². The standard InChI is InChI=1S/C30H27FN2O4S/c1-5-37-21-13-8-18(9-14-21)26(34)24-25(17-6-10-19(11-7-17)30(2,3)4)33(28(36)27(24)35)29-32-22-15-12-20(31)16-23(22)38-29/h6-16,25,34H,5H2,1-4H3/b26-24+. The monoisotopic (exact) mass is 530 g/mol. The van der Waals surface area contributed by atoms with Crippen LogP contribution in [0.25, 0.3) is 16.0 Å².